The highest BCUT2D eigenvalue weighted by atomic mass is 79.9. The van der Waals surface area contributed by atoms with Gasteiger partial charge in [0, 0.05) is 16.3 Å². The molecule has 0 saturated carbocycles. The van der Waals surface area contributed by atoms with Gasteiger partial charge in [-0.25, -0.2) is 0 Å². The highest BCUT2D eigenvalue weighted by Gasteiger charge is 2.08. The minimum atomic E-state index is 0.731. The molecule has 74 valence electrons. The zero-order valence-corrected chi connectivity index (χ0v) is 10.1. The van der Waals surface area contributed by atoms with Gasteiger partial charge in [-0.15, -0.1) is 0 Å². The van der Waals surface area contributed by atoms with E-state index in [4.69, 9.17) is 11.6 Å². The fraction of sp³-hybridized carbons (Fsp3) is 0. The minimum absolute atomic E-state index is 0.731. The van der Waals surface area contributed by atoms with Crippen molar-refractivity contribution >= 4 is 49.3 Å². The molecule has 0 aliphatic rings. The van der Waals surface area contributed by atoms with Gasteiger partial charge in [-0.1, -0.05) is 35.9 Å². The van der Waals surface area contributed by atoms with Crippen LogP contribution in [0.25, 0.3) is 21.8 Å². The maximum Gasteiger partial charge on any atom is 0.0624 e. The standard InChI is InChI=1S/C12H7BrClN/c13-11-9(14)6-5-8-7-3-1-2-4-10(7)15-12(8)11/h1-6,15H. The van der Waals surface area contributed by atoms with Crippen molar-refractivity contribution in [3.8, 4) is 0 Å². The predicted molar refractivity (Wildman–Crippen MR) is 68.5 cm³/mol. The summed E-state index contributed by atoms with van der Waals surface area (Å²) in [5, 5.41) is 3.15. The molecule has 0 radical (unpaired) electrons. The predicted octanol–water partition coefficient (Wildman–Crippen LogP) is 4.74. The Morgan fingerprint density at radius 2 is 1.80 bits per heavy atom. The number of nitrogens with one attached hydrogen (secondary N) is 1. The van der Waals surface area contributed by atoms with Crippen LogP contribution < -0.4 is 0 Å². The van der Waals surface area contributed by atoms with E-state index in [0.29, 0.717) is 0 Å². The van der Waals surface area contributed by atoms with Crippen LogP contribution >= 0.6 is 27.5 Å². The maximum absolute atomic E-state index is 6.05. The van der Waals surface area contributed by atoms with E-state index in [9.17, 15) is 0 Å². The van der Waals surface area contributed by atoms with E-state index in [-0.39, 0.29) is 0 Å². The van der Waals surface area contributed by atoms with E-state index >= 15 is 0 Å². The van der Waals surface area contributed by atoms with Gasteiger partial charge in [0.15, 0.2) is 0 Å². The molecule has 0 atom stereocenters. The number of para-hydroxylation sites is 1. The van der Waals surface area contributed by atoms with Crippen LogP contribution in [0.3, 0.4) is 0 Å². The molecule has 0 spiro atoms. The second-order valence-electron chi connectivity index (χ2n) is 3.45. The molecule has 1 heterocycles. The minimum Gasteiger partial charge on any atom is -0.354 e. The molecule has 0 amide bonds. The second kappa shape index (κ2) is 3.26. The van der Waals surface area contributed by atoms with E-state index in [1.54, 1.807) is 0 Å². The van der Waals surface area contributed by atoms with E-state index < -0.39 is 0 Å². The van der Waals surface area contributed by atoms with Gasteiger partial charge in [-0.2, -0.15) is 0 Å². The molecular weight excluding hydrogens is 273 g/mol. The molecule has 3 aromatic rings. The number of aromatic amines is 1. The molecule has 0 fully saturated rings. The first-order valence-corrected chi connectivity index (χ1v) is 5.79. The van der Waals surface area contributed by atoms with Crippen molar-refractivity contribution in [3.05, 3.63) is 45.9 Å². The molecule has 0 aliphatic carbocycles. The van der Waals surface area contributed by atoms with Crippen molar-refractivity contribution in [2.24, 2.45) is 0 Å². The summed E-state index contributed by atoms with van der Waals surface area (Å²) in [5.41, 5.74) is 2.19. The molecule has 15 heavy (non-hydrogen) atoms. The van der Waals surface area contributed by atoms with Crippen LogP contribution in [0.1, 0.15) is 0 Å². The molecule has 0 unspecified atom stereocenters. The topological polar surface area (TPSA) is 15.8 Å². The van der Waals surface area contributed by atoms with E-state index in [1.165, 1.54) is 10.8 Å². The summed E-state index contributed by atoms with van der Waals surface area (Å²) >= 11 is 9.54. The van der Waals surface area contributed by atoms with Crippen LogP contribution in [0.2, 0.25) is 5.02 Å². The van der Waals surface area contributed by atoms with Crippen molar-refractivity contribution in [3.63, 3.8) is 0 Å². The summed E-state index contributed by atoms with van der Waals surface area (Å²) in [6.07, 6.45) is 0. The summed E-state index contributed by atoms with van der Waals surface area (Å²) in [6, 6.07) is 12.2. The smallest absolute Gasteiger partial charge is 0.0624 e. The lowest BCUT2D eigenvalue weighted by Crippen LogP contribution is -1.72. The maximum atomic E-state index is 6.05. The van der Waals surface area contributed by atoms with Crippen LogP contribution in [0.4, 0.5) is 0 Å². The third-order valence-corrected chi connectivity index (χ3v) is 3.94. The Hall–Kier alpha value is -0.990. The first-order chi connectivity index (χ1) is 7.27. The Kier molecular flexibility index (Phi) is 2.01. The Bertz CT molecular complexity index is 657. The number of H-pyrrole nitrogens is 1. The van der Waals surface area contributed by atoms with Crippen LogP contribution in [-0.2, 0) is 0 Å². The molecule has 1 aromatic heterocycles. The number of fused-ring (bicyclic) bond motifs is 3. The third-order valence-electron chi connectivity index (χ3n) is 2.57. The molecule has 1 nitrogen and oxygen atoms in total. The molecular formula is C12H7BrClN. The number of aromatic nitrogens is 1. The summed E-state index contributed by atoms with van der Waals surface area (Å²) in [5.74, 6) is 0. The van der Waals surface area contributed by atoms with Crippen LogP contribution in [-0.4, -0.2) is 4.98 Å². The highest BCUT2D eigenvalue weighted by Crippen LogP contribution is 2.34. The van der Waals surface area contributed by atoms with Gasteiger partial charge in [-0.05, 0) is 28.1 Å². The van der Waals surface area contributed by atoms with Gasteiger partial charge in [0.05, 0.1) is 15.0 Å². The number of hydrogen-bond donors (Lipinski definition) is 1. The van der Waals surface area contributed by atoms with Gasteiger partial charge < -0.3 is 4.98 Å². The van der Waals surface area contributed by atoms with Gasteiger partial charge >= 0.3 is 0 Å². The molecule has 0 saturated heterocycles. The van der Waals surface area contributed by atoms with E-state index in [2.05, 4.69) is 33.0 Å². The van der Waals surface area contributed by atoms with E-state index in [0.717, 1.165) is 20.5 Å². The van der Waals surface area contributed by atoms with Gasteiger partial charge in [0.25, 0.3) is 0 Å². The lowest BCUT2D eigenvalue weighted by Gasteiger charge is -1.96. The third kappa shape index (κ3) is 1.29. The zero-order chi connectivity index (χ0) is 10.4. The Morgan fingerprint density at radius 1 is 1.00 bits per heavy atom. The Balaban J connectivity index is 2.60. The quantitative estimate of drug-likeness (QED) is 0.612. The number of rotatable bonds is 0. The number of benzene rings is 2. The molecule has 2 aromatic carbocycles. The molecule has 3 rings (SSSR count). The molecule has 0 aliphatic heterocycles. The summed E-state index contributed by atoms with van der Waals surface area (Å²) in [4.78, 5) is 3.36. The fourth-order valence-corrected chi connectivity index (χ4v) is 2.46. The number of hydrogen-bond acceptors (Lipinski definition) is 0. The van der Waals surface area contributed by atoms with Crippen molar-refractivity contribution < 1.29 is 0 Å². The van der Waals surface area contributed by atoms with Crippen molar-refractivity contribution in [1.82, 2.24) is 4.98 Å². The second-order valence-corrected chi connectivity index (χ2v) is 4.65. The van der Waals surface area contributed by atoms with Gasteiger partial charge in [-0.3, -0.25) is 0 Å². The summed E-state index contributed by atoms with van der Waals surface area (Å²) in [6.45, 7) is 0. The monoisotopic (exact) mass is 279 g/mol. The van der Waals surface area contributed by atoms with Gasteiger partial charge in [0.1, 0.15) is 0 Å². The Labute approximate surface area is 100 Å². The van der Waals surface area contributed by atoms with Crippen molar-refractivity contribution in [2.45, 2.75) is 0 Å². The summed E-state index contributed by atoms with van der Waals surface area (Å²) in [7, 11) is 0. The first-order valence-electron chi connectivity index (χ1n) is 4.62. The van der Waals surface area contributed by atoms with Crippen LogP contribution in [0.15, 0.2) is 40.9 Å². The lowest BCUT2D eigenvalue weighted by atomic mass is 10.1. The van der Waals surface area contributed by atoms with Crippen LogP contribution in [0, 0.1) is 0 Å². The lowest BCUT2D eigenvalue weighted by molar-refractivity contribution is 1.53. The van der Waals surface area contributed by atoms with Crippen molar-refractivity contribution in [2.75, 3.05) is 0 Å². The molecule has 3 heteroatoms. The number of halogens is 2. The SMILES string of the molecule is Clc1ccc2c([nH]c3ccccc32)c1Br. The van der Waals surface area contributed by atoms with Gasteiger partial charge in [0.2, 0.25) is 0 Å². The highest BCUT2D eigenvalue weighted by molar-refractivity contribution is 9.10. The summed E-state index contributed by atoms with van der Waals surface area (Å²) < 4.78 is 0.929. The van der Waals surface area contributed by atoms with Crippen molar-refractivity contribution in [1.29, 1.82) is 0 Å². The largest absolute Gasteiger partial charge is 0.354 e. The zero-order valence-electron chi connectivity index (χ0n) is 7.72. The fourth-order valence-electron chi connectivity index (χ4n) is 1.86. The average molecular weight is 281 g/mol. The van der Waals surface area contributed by atoms with Crippen LogP contribution in [0.5, 0.6) is 0 Å². The normalized spacial score (nSPS) is 11.3. The average Bonchev–Trinajstić information content (AvgIpc) is 2.63. The Morgan fingerprint density at radius 3 is 2.67 bits per heavy atom. The van der Waals surface area contributed by atoms with E-state index in [1.807, 2.05) is 24.3 Å². The molecule has 0 bridgehead atoms. The first kappa shape index (κ1) is 9.25. The molecule has 1 N–H and O–H groups in total.